The summed E-state index contributed by atoms with van der Waals surface area (Å²) in [5.74, 6) is 0.120. The summed E-state index contributed by atoms with van der Waals surface area (Å²) in [6.45, 7) is 4.28. The van der Waals surface area contributed by atoms with Gasteiger partial charge in [-0.15, -0.1) is 11.8 Å². The largest absolute Gasteiger partial charge is 1.00 e. The Kier molecular flexibility index (Phi) is 6.85. The van der Waals surface area contributed by atoms with Gasteiger partial charge in [0.2, 0.25) is 5.52 Å². The number of halogens is 1. The minimum absolute atomic E-state index is 0. The number of H-pyrrole nitrogens is 1. The predicted octanol–water partition coefficient (Wildman–Crippen LogP) is 1.29. The number of carbonyl (C=O) groups excluding carboxylic acids is 1. The zero-order valence-electron chi connectivity index (χ0n) is 14.2. The Morgan fingerprint density at radius 2 is 1.76 bits per heavy atom. The van der Waals surface area contributed by atoms with Gasteiger partial charge < -0.3 is 17.1 Å². The first-order valence-corrected chi connectivity index (χ1v) is 8.97. The van der Waals surface area contributed by atoms with Gasteiger partial charge in [-0.2, -0.15) is 0 Å². The Bertz CT molecular complexity index is 868. The first kappa shape index (κ1) is 19.3. The summed E-state index contributed by atoms with van der Waals surface area (Å²) in [5.41, 5.74) is 4.46. The van der Waals surface area contributed by atoms with Crippen molar-refractivity contribution >= 4 is 28.6 Å². The molecule has 0 unspecified atom stereocenters. The van der Waals surface area contributed by atoms with E-state index in [1.165, 1.54) is 11.8 Å². The molecule has 0 spiro atoms. The number of benzene rings is 2. The quantitative estimate of drug-likeness (QED) is 0.500. The van der Waals surface area contributed by atoms with Gasteiger partial charge in [0.05, 0.1) is 22.6 Å². The molecular formula is C20H20ClNO2S. The molecule has 130 valence electrons. The maximum absolute atomic E-state index is 11.8. The van der Waals surface area contributed by atoms with Crippen molar-refractivity contribution in [2.75, 3.05) is 12.4 Å². The molecule has 3 nitrogen and oxygen atoms in total. The maximum Gasteiger partial charge on any atom is 0.316 e. The average Bonchev–Trinajstić information content (AvgIpc) is 2.60. The second-order valence-corrected chi connectivity index (χ2v) is 6.45. The summed E-state index contributed by atoms with van der Waals surface area (Å²) in [7, 11) is 0. The number of hydrogen-bond acceptors (Lipinski definition) is 3. The summed E-state index contributed by atoms with van der Waals surface area (Å²) in [4.78, 5) is 16.3. The van der Waals surface area contributed by atoms with Crippen LogP contribution in [0.15, 0.2) is 59.5 Å². The van der Waals surface area contributed by atoms with Crippen molar-refractivity contribution in [1.29, 1.82) is 0 Å². The number of pyridine rings is 1. The van der Waals surface area contributed by atoms with Crippen molar-refractivity contribution in [3.8, 4) is 11.1 Å². The number of aryl methyl sites for hydroxylation is 1. The van der Waals surface area contributed by atoms with E-state index in [0.29, 0.717) is 12.4 Å². The minimum atomic E-state index is -0.186. The van der Waals surface area contributed by atoms with E-state index >= 15 is 0 Å². The van der Waals surface area contributed by atoms with E-state index in [1.807, 2.05) is 44.2 Å². The normalized spacial score (nSPS) is 10.3. The standard InChI is InChI=1S/C20H19NO2S.ClH/c1-3-23-18(22)13-24-20-14(2)21-17-12-8-7-11-16(17)19(20)15-9-5-4-6-10-15;/h4-12H,3,13H2,1-2H3;1H. The van der Waals surface area contributed by atoms with Gasteiger partial charge in [-0.05, 0) is 18.6 Å². The second kappa shape index (κ2) is 8.88. The van der Waals surface area contributed by atoms with E-state index < -0.39 is 0 Å². The van der Waals surface area contributed by atoms with Crippen LogP contribution in [0.4, 0.5) is 0 Å². The Morgan fingerprint density at radius 3 is 2.48 bits per heavy atom. The summed E-state index contributed by atoms with van der Waals surface area (Å²) < 4.78 is 5.07. The lowest BCUT2D eigenvalue weighted by Crippen LogP contribution is -3.00. The Hall–Kier alpha value is -2.04. The highest BCUT2D eigenvalue weighted by molar-refractivity contribution is 8.00. The molecule has 1 aromatic heterocycles. The number of ether oxygens (including phenoxy) is 1. The lowest BCUT2D eigenvalue weighted by molar-refractivity contribution is -0.357. The lowest BCUT2D eigenvalue weighted by atomic mass is 10.00. The fourth-order valence-electron chi connectivity index (χ4n) is 2.78. The number of carbonyl (C=O) groups is 1. The van der Waals surface area contributed by atoms with Crippen LogP contribution in [0, 0.1) is 6.92 Å². The Labute approximate surface area is 158 Å². The predicted molar refractivity (Wildman–Crippen MR) is 98.0 cm³/mol. The highest BCUT2D eigenvalue weighted by atomic mass is 35.5. The zero-order chi connectivity index (χ0) is 16.9. The summed E-state index contributed by atoms with van der Waals surface area (Å²) >= 11 is 1.53. The minimum Gasteiger partial charge on any atom is -1.00 e. The van der Waals surface area contributed by atoms with Gasteiger partial charge in [0.15, 0.2) is 5.69 Å². The van der Waals surface area contributed by atoms with Gasteiger partial charge in [0.1, 0.15) is 0 Å². The van der Waals surface area contributed by atoms with E-state index in [4.69, 9.17) is 4.74 Å². The van der Waals surface area contributed by atoms with Crippen molar-refractivity contribution in [3.05, 3.63) is 60.3 Å². The van der Waals surface area contributed by atoms with Crippen molar-refractivity contribution in [2.45, 2.75) is 18.7 Å². The highest BCUT2D eigenvalue weighted by Gasteiger charge is 2.20. The molecule has 0 aliphatic carbocycles. The molecule has 0 fully saturated rings. The number of rotatable bonds is 5. The van der Waals surface area contributed by atoms with Gasteiger partial charge in [-0.25, -0.2) is 4.98 Å². The molecule has 0 saturated heterocycles. The van der Waals surface area contributed by atoms with Crippen LogP contribution in [-0.4, -0.2) is 18.3 Å². The summed E-state index contributed by atoms with van der Waals surface area (Å²) in [5, 5.41) is 1.15. The summed E-state index contributed by atoms with van der Waals surface area (Å²) in [6.07, 6.45) is 0. The number of para-hydroxylation sites is 1. The molecule has 0 aliphatic heterocycles. The molecule has 25 heavy (non-hydrogen) atoms. The molecule has 1 heterocycles. The van der Waals surface area contributed by atoms with E-state index in [1.54, 1.807) is 0 Å². The number of hydrogen-bond donors (Lipinski definition) is 0. The van der Waals surface area contributed by atoms with Crippen molar-refractivity contribution in [1.82, 2.24) is 0 Å². The van der Waals surface area contributed by atoms with Crippen LogP contribution in [0.1, 0.15) is 12.6 Å². The van der Waals surface area contributed by atoms with Gasteiger partial charge in [-0.1, -0.05) is 42.5 Å². The van der Waals surface area contributed by atoms with Crippen LogP contribution in [0.5, 0.6) is 0 Å². The molecule has 1 N–H and O–H groups in total. The van der Waals surface area contributed by atoms with E-state index in [9.17, 15) is 4.79 Å². The van der Waals surface area contributed by atoms with Crippen LogP contribution in [-0.2, 0) is 9.53 Å². The molecular weight excluding hydrogens is 354 g/mol. The average molecular weight is 374 g/mol. The molecule has 0 bridgehead atoms. The van der Waals surface area contributed by atoms with Crippen LogP contribution in [0.25, 0.3) is 22.0 Å². The fraction of sp³-hybridized carbons (Fsp3) is 0.200. The Morgan fingerprint density at radius 1 is 1.08 bits per heavy atom. The van der Waals surface area contributed by atoms with Gasteiger partial charge in [0, 0.05) is 18.6 Å². The second-order valence-electron chi connectivity index (χ2n) is 5.46. The lowest BCUT2D eigenvalue weighted by Gasteiger charge is -2.12. The van der Waals surface area contributed by atoms with Gasteiger partial charge >= 0.3 is 5.97 Å². The number of nitrogens with one attached hydrogen (secondary N) is 1. The third-order valence-corrected chi connectivity index (χ3v) is 4.97. The zero-order valence-corrected chi connectivity index (χ0v) is 15.8. The third-order valence-electron chi connectivity index (χ3n) is 3.79. The fourth-order valence-corrected chi connectivity index (χ4v) is 3.77. The van der Waals surface area contributed by atoms with Crippen LogP contribution in [0.2, 0.25) is 0 Å². The smallest absolute Gasteiger partial charge is 0.316 e. The van der Waals surface area contributed by atoms with Crippen molar-refractivity contribution in [3.63, 3.8) is 0 Å². The van der Waals surface area contributed by atoms with E-state index in [2.05, 4.69) is 29.2 Å². The number of aromatic amines is 1. The molecule has 0 radical (unpaired) electrons. The molecule has 0 atom stereocenters. The maximum atomic E-state index is 11.8. The van der Waals surface area contributed by atoms with E-state index in [-0.39, 0.29) is 18.4 Å². The molecule has 3 aromatic rings. The summed E-state index contributed by atoms with van der Waals surface area (Å²) in [6, 6.07) is 18.6. The molecule has 0 amide bonds. The van der Waals surface area contributed by atoms with Crippen molar-refractivity contribution in [2.24, 2.45) is 0 Å². The van der Waals surface area contributed by atoms with Crippen LogP contribution >= 0.6 is 11.8 Å². The number of aromatic nitrogens is 1. The number of fused-ring (bicyclic) bond motifs is 1. The topological polar surface area (TPSA) is 40.4 Å². The van der Waals surface area contributed by atoms with Gasteiger partial charge in [-0.3, -0.25) is 4.79 Å². The van der Waals surface area contributed by atoms with Crippen LogP contribution in [0.3, 0.4) is 0 Å². The van der Waals surface area contributed by atoms with Crippen molar-refractivity contribution < 1.29 is 26.9 Å². The first-order valence-electron chi connectivity index (χ1n) is 7.99. The van der Waals surface area contributed by atoms with Gasteiger partial charge in [0.25, 0.3) is 0 Å². The third kappa shape index (κ3) is 4.33. The Balaban J connectivity index is 0.00000225. The molecule has 3 rings (SSSR count). The highest BCUT2D eigenvalue weighted by Crippen LogP contribution is 2.37. The first-order chi connectivity index (χ1) is 11.7. The number of thioether (sulfide) groups is 1. The molecule has 0 saturated carbocycles. The molecule has 2 aromatic carbocycles. The monoisotopic (exact) mass is 373 g/mol. The SMILES string of the molecule is CCOC(=O)CSc1c(C)[nH+]c2ccccc2c1-c1ccccc1.[Cl-]. The number of esters is 1. The molecule has 5 heteroatoms. The van der Waals surface area contributed by atoms with Crippen LogP contribution < -0.4 is 17.4 Å². The van der Waals surface area contributed by atoms with E-state index in [0.717, 1.165) is 32.6 Å². The molecule has 0 aliphatic rings.